The normalized spacial score (nSPS) is 27.7. The maximum absolute atomic E-state index is 11.1. The monoisotopic (exact) mass is 378 g/mol. The average Bonchev–Trinajstić information content (AvgIpc) is 2.97. The van der Waals surface area contributed by atoms with Crippen molar-refractivity contribution in [3.63, 3.8) is 0 Å². The van der Waals surface area contributed by atoms with E-state index in [0.717, 1.165) is 11.4 Å². The van der Waals surface area contributed by atoms with Gasteiger partial charge in [0.1, 0.15) is 0 Å². The van der Waals surface area contributed by atoms with Crippen molar-refractivity contribution in [1.29, 1.82) is 0 Å². The highest BCUT2D eigenvalue weighted by atomic mass is 16.6. The van der Waals surface area contributed by atoms with Gasteiger partial charge in [0.2, 0.25) is 0 Å². The van der Waals surface area contributed by atoms with Gasteiger partial charge in [-0.05, 0) is 46.5 Å². The van der Waals surface area contributed by atoms with Crippen molar-refractivity contribution in [2.75, 3.05) is 11.5 Å². The topological polar surface area (TPSA) is 139 Å². The number of rotatable bonds is 0. The van der Waals surface area contributed by atoms with Gasteiger partial charge in [0, 0.05) is 11.4 Å². The van der Waals surface area contributed by atoms with Crippen molar-refractivity contribution >= 4 is 35.3 Å². The molecular weight excluding hydrogens is 364 g/mol. The Morgan fingerprint density at radius 3 is 1.18 bits per heavy atom. The van der Waals surface area contributed by atoms with E-state index in [1.54, 1.807) is 0 Å². The predicted molar refractivity (Wildman–Crippen MR) is 95.9 cm³/mol. The summed E-state index contributed by atoms with van der Waals surface area (Å²) in [6.07, 6.45) is 0. The summed E-state index contributed by atoms with van der Waals surface area (Å²) in [6.45, 7) is 0. The molecule has 0 bridgehead atoms. The lowest BCUT2D eigenvalue weighted by atomic mass is 9.59. The number of carbonyl (C=O) groups excluding carboxylic acids is 4. The Balaban J connectivity index is 0.000000122. The van der Waals surface area contributed by atoms with Crippen molar-refractivity contribution < 1.29 is 28.7 Å². The lowest BCUT2D eigenvalue weighted by molar-refractivity contribution is -0.158. The molecule has 4 aliphatic rings. The van der Waals surface area contributed by atoms with Crippen molar-refractivity contribution in [1.82, 2.24) is 0 Å². The molecule has 8 nitrogen and oxygen atoms in total. The van der Waals surface area contributed by atoms with Crippen LogP contribution in [0.5, 0.6) is 0 Å². The largest absolute Gasteiger partial charge is 0.399 e. The van der Waals surface area contributed by atoms with E-state index in [1.807, 2.05) is 24.3 Å². The summed E-state index contributed by atoms with van der Waals surface area (Å²) in [4.78, 5) is 44.3. The van der Waals surface area contributed by atoms with Gasteiger partial charge in [0.05, 0.1) is 23.7 Å². The highest BCUT2D eigenvalue weighted by Gasteiger charge is 2.72. The summed E-state index contributed by atoms with van der Waals surface area (Å²) in [7, 11) is 0. The Morgan fingerprint density at radius 2 is 0.857 bits per heavy atom. The van der Waals surface area contributed by atoms with E-state index in [9.17, 15) is 19.2 Å². The Hall–Kier alpha value is -3.68. The first-order chi connectivity index (χ1) is 13.4. The smallest absolute Gasteiger partial charge is 0.318 e. The summed E-state index contributed by atoms with van der Waals surface area (Å²) in [5, 5.41) is 0. The Morgan fingerprint density at radius 1 is 0.536 bits per heavy atom. The van der Waals surface area contributed by atoms with E-state index in [2.05, 4.69) is 21.6 Å². The molecule has 2 aliphatic heterocycles. The van der Waals surface area contributed by atoms with Crippen LogP contribution in [0.15, 0.2) is 36.4 Å². The Kier molecular flexibility index (Phi) is 3.19. The molecule has 0 atom stereocenters. The van der Waals surface area contributed by atoms with E-state index in [4.69, 9.17) is 11.5 Å². The van der Waals surface area contributed by atoms with Crippen LogP contribution < -0.4 is 11.5 Å². The molecule has 0 radical (unpaired) electrons. The van der Waals surface area contributed by atoms with Crippen LogP contribution in [0.25, 0.3) is 22.3 Å². The first kappa shape index (κ1) is 16.5. The second-order valence-electron chi connectivity index (χ2n) is 7.19. The molecule has 1 saturated carbocycles. The molecule has 2 saturated heterocycles. The van der Waals surface area contributed by atoms with Crippen molar-refractivity contribution in [3.8, 4) is 22.3 Å². The number of nitrogens with two attached hydrogens (primary N) is 2. The number of fused-ring (bicyclic) bond motifs is 8. The number of nitrogen functional groups attached to an aromatic ring is 2. The van der Waals surface area contributed by atoms with E-state index in [-0.39, 0.29) is 0 Å². The number of anilines is 2. The first-order valence-corrected chi connectivity index (χ1v) is 8.67. The zero-order valence-corrected chi connectivity index (χ0v) is 14.4. The molecule has 8 heteroatoms. The van der Waals surface area contributed by atoms with Gasteiger partial charge in [-0.2, -0.15) is 0 Å². The van der Waals surface area contributed by atoms with Gasteiger partial charge >= 0.3 is 23.9 Å². The second kappa shape index (κ2) is 5.41. The number of cyclic esters (lactones) is 4. The highest BCUT2D eigenvalue weighted by Crippen LogP contribution is 2.55. The SMILES string of the molecule is Nc1ccc2c(c1)-c1cc(N)ccc1-2.O=C1OC(=O)C2C1C1C(=O)OC(=O)C21. The molecule has 2 aliphatic carbocycles. The van der Waals surface area contributed by atoms with E-state index >= 15 is 0 Å². The predicted octanol–water partition coefficient (Wildman–Crippen LogP) is 1.13. The fourth-order valence-corrected chi connectivity index (χ4v) is 4.37. The minimum Gasteiger partial charge on any atom is -0.399 e. The van der Waals surface area contributed by atoms with Gasteiger partial charge in [0.15, 0.2) is 0 Å². The average molecular weight is 378 g/mol. The van der Waals surface area contributed by atoms with Crippen LogP contribution >= 0.6 is 0 Å². The third-order valence-electron chi connectivity index (χ3n) is 5.71. The number of benzene rings is 2. The van der Waals surface area contributed by atoms with Crippen LogP contribution in [0.4, 0.5) is 11.4 Å². The van der Waals surface area contributed by atoms with E-state index in [1.165, 1.54) is 22.3 Å². The highest BCUT2D eigenvalue weighted by molar-refractivity contribution is 6.10. The number of carbonyl (C=O) groups is 4. The van der Waals surface area contributed by atoms with Crippen molar-refractivity contribution in [2.45, 2.75) is 0 Å². The van der Waals surface area contributed by atoms with E-state index in [0.29, 0.717) is 0 Å². The minimum atomic E-state index is -0.786. The fourth-order valence-electron chi connectivity index (χ4n) is 4.37. The summed E-state index contributed by atoms with van der Waals surface area (Å²) in [6, 6.07) is 12.0. The van der Waals surface area contributed by atoms with Crippen LogP contribution in [0, 0.1) is 23.7 Å². The lowest BCUT2D eigenvalue weighted by Crippen LogP contribution is -2.50. The summed E-state index contributed by atoms with van der Waals surface area (Å²) >= 11 is 0. The summed E-state index contributed by atoms with van der Waals surface area (Å²) in [5.41, 5.74) is 18.0. The van der Waals surface area contributed by atoms with Crippen molar-refractivity contribution in [2.24, 2.45) is 23.7 Å². The van der Waals surface area contributed by atoms with Crippen LogP contribution in [-0.2, 0) is 28.7 Å². The zero-order chi connectivity index (χ0) is 19.7. The molecule has 0 aromatic heterocycles. The quantitative estimate of drug-likeness (QED) is 0.337. The van der Waals surface area contributed by atoms with Gasteiger partial charge in [-0.3, -0.25) is 19.2 Å². The van der Waals surface area contributed by atoms with Crippen LogP contribution in [-0.4, -0.2) is 23.9 Å². The number of esters is 4. The molecule has 0 spiro atoms. The Labute approximate surface area is 158 Å². The minimum absolute atomic E-state index is 0.715. The van der Waals surface area contributed by atoms with Gasteiger partial charge < -0.3 is 20.9 Å². The maximum atomic E-state index is 11.1. The molecule has 3 fully saturated rings. The standard InChI is InChI=1S/C12H10N2.C8H4O6/c13-7-1-3-9-10-4-2-8(14)6-12(10)11(9)5-7;9-5-1-2(6(10)13-5)4-3(1)7(11)14-8(4)12/h1-6H,13-14H2;1-4H. The number of hydrogen-bond donors (Lipinski definition) is 2. The molecular formula is C20H14N2O6. The Bertz CT molecular complexity index is 976. The third kappa shape index (κ3) is 2.05. The molecule has 2 aromatic carbocycles. The first-order valence-electron chi connectivity index (χ1n) is 8.67. The second-order valence-corrected chi connectivity index (χ2v) is 7.19. The summed E-state index contributed by atoms with van der Waals surface area (Å²) < 4.78 is 8.69. The number of ether oxygens (including phenoxy) is 2. The lowest BCUT2D eigenvalue weighted by Gasteiger charge is -2.33. The number of hydrogen-bond acceptors (Lipinski definition) is 8. The van der Waals surface area contributed by atoms with Gasteiger partial charge in [-0.25, -0.2) is 0 Å². The molecule has 28 heavy (non-hydrogen) atoms. The summed E-state index contributed by atoms with van der Waals surface area (Å²) in [5.74, 6) is -6.00. The molecule has 2 aromatic rings. The third-order valence-corrected chi connectivity index (χ3v) is 5.71. The molecule has 140 valence electrons. The molecule has 2 heterocycles. The van der Waals surface area contributed by atoms with E-state index < -0.39 is 47.5 Å². The zero-order valence-electron chi connectivity index (χ0n) is 14.4. The van der Waals surface area contributed by atoms with Crippen LogP contribution in [0.2, 0.25) is 0 Å². The molecule has 0 amide bonds. The molecule has 6 rings (SSSR count). The van der Waals surface area contributed by atoms with Crippen LogP contribution in [0.1, 0.15) is 0 Å². The van der Waals surface area contributed by atoms with Gasteiger partial charge in [0.25, 0.3) is 0 Å². The fraction of sp³-hybridized carbons (Fsp3) is 0.200. The van der Waals surface area contributed by atoms with Crippen molar-refractivity contribution in [3.05, 3.63) is 36.4 Å². The van der Waals surface area contributed by atoms with Gasteiger partial charge in [-0.1, -0.05) is 12.1 Å². The van der Waals surface area contributed by atoms with Gasteiger partial charge in [-0.15, -0.1) is 0 Å². The molecule has 4 N–H and O–H groups in total. The molecule has 0 unspecified atom stereocenters. The maximum Gasteiger partial charge on any atom is 0.318 e. The van der Waals surface area contributed by atoms with Crippen LogP contribution in [0.3, 0.4) is 0 Å².